The summed E-state index contributed by atoms with van der Waals surface area (Å²) >= 11 is 0. The molecule has 17 heavy (non-hydrogen) atoms. The smallest absolute Gasteiger partial charge is 0.220 e. The van der Waals surface area contributed by atoms with Crippen molar-refractivity contribution in [3.63, 3.8) is 0 Å². The van der Waals surface area contributed by atoms with Crippen LogP contribution in [0.1, 0.15) is 58.3 Å². The molecule has 1 rings (SSSR count). The molecule has 0 aromatic heterocycles. The van der Waals surface area contributed by atoms with Gasteiger partial charge in [0.25, 0.3) is 0 Å². The fraction of sp³-hybridized carbons (Fsp3) is 0.929. The SMILES string of the molecule is CCCNCCNC(=O)CCCC1CCCC1. The first-order valence-electron chi connectivity index (χ1n) is 7.30. The summed E-state index contributed by atoms with van der Waals surface area (Å²) < 4.78 is 0. The Morgan fingerprint density at radius 3 is 2.65 bits per heavy atom. The lowest BCUT2D eigenvalue weighted by Crippen LogP contribution is -2.31. The van der Waals surface area contributed by atoms with Gasteiger partial charge in [-0.1, -0.05) is 32.6 Å². The number of nitrogens with one attached hydrogen (secondary N) is 2. The van der Waals surface area contributed by atoms with Crippen LogP contribution in [-0.4, -0.2) is 25.5 Å². The highest BCUT2D eigenvalue weighted by molar-refractivity contribution is 5.75. The third kappa shape index (κ3) is 7.37. The van der Waals surface area contributed by atoms with Gasteiger partial charge in [0.15, 0.2) is 0 Å². The Labute approximate surface area is 106 Å². The van der Waals surface area contributed by atoms with Gasteiger partial charge in [-0.3, -0.25) is 4.79 Å². The molecule has 0 saturated heterocycles. The summed E-state index contributed by atoms with van der Waals surface area (Å²) in [6.45, 7) is 4.84. The second-order valence-corrected chi connectivity index (χ2v) is 5.14. The highest BCUT2D eigenvalue weighted by Crippen LogP contribution is 2.28. The third-order valence-electron chi connectivity index (χ3n) is 3.54. The van der Waals surface area contributed by atoms with E-state index < -0.39 is 0 Å². The summed E-state index contributed by atoms with van der Waals surface area (Å²) in [6, 6.07) is 0. The molecule has 3 nitrogen and oxygen atoms in total. The zero-order valence-electron chi connectivity index (χ0n) is 11.3. The van der Waals surface area contributed by atoms with Crippen molar-refractivity contribution in [3.8, 4) is 0 Å². The zero-order chi connectivity index (χ0) is 12.3. The summed E-state index contributed by atoms with van der Waals surface area (Å²) in [5.74, 6) is 1.13. The van der Waals surface area contributed by atoms with Crippen LogP contribution in [0.25, 0.3) is 0 Å². The summed E-state index contributed by atoms with van der Waals surface area (Å²) in [5.41, 5.74) is 0. The molecule has 1 aliphatic carbocycles. The van der Waals surface area contributed by atoms with Crippen LogP contribution in [0.15, 0.2) is 0 Å². The van der Waals surface area contributed by atoms with Crippen LogP contribution in [-0.2, 0) is 4.79 Å². The fourth-order valence-electron chi connectivity index (χ4n) is 2.53. The highest BCUT2D eigenvalue weighted by atomic mass is 16.1. The maximum atomic E-state index is 11.5. The van der Waals surface area contributed by atoms with Gasteiger partial charge < -0.3 is 10.6 Å². The Morgan fingerprint density at radius 1 is 1.18 bits per heavy atom. The number of carbonyl (C=O) groups is 1. The topological polar surface area (TPSA) is 41.1 Å². The summed E-state index contributed by atoms with van der Waals surface area (Å²) in [6.07, 6.45) is 9.77. The molecule has 0 aromatic carbocycles. The van der Waals surface area contributed by atoms with Crippen molar-refractivity contribution in [2.24, 2.45) is 5.92 Å². The van der Waals surface area contributed by atoms with Crippen molar-refractivity contribution >= 4 is 5.91 Å². The van der Waals surface area contributed by atoms with Crippen molar-refractivity contribution in [3.05, 3.63) is 0 Å². The van der Waals surface area contributed by atoms with E-state index in [0.29, 0.717) is 6.42 Å². The standard InChI is InChI=1S/C14H28N2O/c1-2-10-15-11-12-16-14(17)9-5-8-13-6-3-4-7-13/h13,15H,2-12H2,1H3,(H,16,17). The molecule has 0 radical (unpaired) electrons. The van der Waals surface area contributed by atoms with Gasteiger partial charge in [0.05, 0.1) is 0 Å². The number of hydrogen-bond acceptors (Lipinski definition) is 2. The van der Waals surface area contributed by atoms with E-state index in [1.165, 1.54) is 32.1 Å². The zero-order valence-corrected chi connectivity index (χ0v) is 11.3. The minimum Gasteiger partial charge on any atom is -0.355 e. The van der Waals surface area contributed by atoms with Crippen LogP contribution in [0, 0.1) is 5.92 Å². The predicted octanol–water partition coefficient (Wildman–Crippen LogP) is 2.46. The van der Waals surface area contributed by atoms with Crippen molar-refractivity contribution in [1.29, 1.82) is 0 Å². The maximum Gasteiger partial charge on any atom is 0.220 e. The third-order valence-corrected chi connectivity index (χ3v) is 3.54. The Morgan fingerprint density at radius 2 is 1.94 bits per heavy atom. The Hall–Kier alpha value is -0.570. The first-order valence-corrected chi connectivity index (χ1v) is 7.30. The summed E-state index contributed by atoms with van der Waals surface area (Å²) in [7, 11) is 0. The van der Waals surface area contributed by atoms with Crippen molar-refractivity contribution in [2.75, 3.05) is 19.6 Å². The Bertz CT molecular complexity index is 200. The predicted molar refractivity (Wildman–Crippen MR) is 72.0 cm³/mol. The molecule has 0 aliphatic heterocycles. The highest BCUT2D eigenvalue weighted by Gasteiger charge is 2.14. The van der Waals surface area contributed by atoms with Crippen LogP contribution >= 0.6 is 0 Å². The number of rotatable bonds is 9. The quantitative estimate of drug-likeness (QED) is 0.608. The molecule has 0 atom stereocenters. The van der Waals surface area contributed by atoms with E-state index in [1.807, 2.05) is 0 Å². The Balaban J connectivity index is 1.86. The molecule has 1 aliphatic rings. The number of carbonyl (C=O) groups excluding carboxylic acids is 1. The normalized spacial score (nSPS) is 16.3. The summed E-state index contributed by atoms with van der Waals surface area (Å²) in [5, 5.41) is 6.24. The van der Waals surface area contributed by atoms with Gasteiger partial charge in [-0.05, 0) is 31.7 Å². The molecule has 2 N–H and O–H groups in total. The average Bonchev–Trinajstić information content (AvgIpc) is 2.82. The van der Waals surface area contributed by atoms with Gasteiger partial charge in [0.1, 0.15) is 0 Å². The van der Waals surface area contributed by atoms with Crippen LogP contribution in [0.2, 0.25) is 0 Å². The first-order chi connectivity index (χ1) is 8.33. The van der Waals surface area contributed by atoms with E-state index in [2.05, 4.69) is 17.6 Å². The van der Waals surface area contributed by atoms with Crippen molar-refractivity contribution in [1.82, 2.24) is 10.6 Å². The second kappa shape index (κ2) is 9.46. The van der Waals surface area contributed by atoms with Gasteiger partial charge in [0, 0.05) is 19.5 Å². The minimum absolute atomic E-state index is 0.223. The monoisotopic (exact) mass is 240 g/mol. The van der Waals surface area contributed by atoms with E-state index in [4.69, 9.17) is 0 Å². The molecule has 100 valence electrons. The fourth-order valence-corrected chi connectivity index (χ4v) is 2.53. The second-order valence-electron chi connectivity index (χ2n) is 5.14. The lowest BCUT2D eigenvalue weighted by molar-refractivity contribution is -0.121. The molecular formula is C14H28N2O. The molecular weight excluding hydrogens is 212 g/mol. The van der Waals surface area contributed by atoms with E-state index in [-0.39, 0.29) is 5.91 Å². The number of hydrogen-bond donors (Lipinski definition) is 2. The number of amides is 1. The lowest BCUT2D eigenvalue weighted by Gasteiger charge is -2.09. The molecule has 1 fully saturated rings. The molecule has 1 saturated carbocycles. The lowest BCUT2D eigenvalue weighted by atomic mass is 10.0. The molecule has 0 aromatic rings. The van der Waals surface area contributed by atoms with E-state index >= 15 is 0 Å². The van der Waals surface area contributed by atoms with Crippen LogP contribution < -0.4 is 10.6 Å². The minimum atomic E-state index is 0.223. The van der Waals surface area contributed by atoms with E-state index in [1.54, 1.807) is 0 Å². The van der Waals surface area contributed by atoms with Gasteiger partial charge in [0.2, 0.25) is 5.91 Å². The molecule has 0 unspecified atom stereocenters. The molecule has 1 amide bonds. The Kier molecular flexibility index (Phi) is 8.06. The van der Waals surface area contributed by atoms with Crippen LogP contribution in [0.5, 0.6) is 0 Å². The van der Waals surface area contributed by atoms with Gasteiger partial charge in [-0.15, -0.1) is 0 Å². The van der Waals surface area contributed by atoms with E-state index in [0.717, 1.165) is 38.4 Å². The van der Waals surface area contributed by atoms with Crippen molar-refractivity contribution < 1.29 is 4.79 Å². The largest absolute Gasteiger partial charge is 0.355 e. The van der Waals surface area contributed by atoms with Gasteiger partial charge >= 0.3 is 0 Å². The molecule has 0 heterocycles. The maximum absolute atomic E-state index is 11.5. The van der Waals surface area contributed by atoms with Gasteiger partial charge in [-0.2, -0.15) is 0 Å². The molecule has 0 bridgehead atoms. The van der Waals surface area contributed by atoms with E-state index in [9.17, 15) is 4.79 Å². The average molecular weight is 240 g/mol. The first kappa shape index (κ1) is 14.5. The van der Waals surface area contributed by atoms with Gasteiger partial charge in [-0.25, -0.2) is 0 Å². The van der Waals surface area contributed by atoms with Crippen LogP contribution in [0.3, 0.4) is 0 Å². The van der Waals surface area contributed by atoms with Crippen molar-refractivity contribution in [2.45, 2.75) is 58.3 Å². The molecule has 3 heteroatoms. The van der Waals surface area contributed by atoms with Crippen LogP contribution in [0.4, 0.5) is 0 Å². The molecule has 0 spiro atoms. The summed E-state index contributed by atoms with van der Waals surface area (Å²) in [4.78, 5) is 11.5.